The van der Waals surface area contributed by atoms with Crippen molar-refractivity contribution in [2.75, 3.05) is 19.6 Å². The van der Waals surface area contributed by atoms with Gasteiger partial charge in [-0.05, 0) is 171 Å². The second-order valence-electron chi connectivity index (χ2n) is 20.5. The lowest BCUT2D eigenvalue weighted by Crippen LogP contribution is -2.68. The van der Waals surface area contributed by atoms with Crippen molar-refractivity contribution in [1.82, 2.24) is 10.2 Å². The average Bonchev–Trinajstić information content (AvgIpc) is 3.61. The van der Waals surface area contributed by atoms with Gasteiger partial charge in [0.15, 0.2) is 0 Å². The molecule has 0 aromatic heterocycles. The molecule has 48 heavy (non-hydrogen) atoms. The lowest BCUT2D eigenvalue weighted by molar-refractivity contribution is -0.221. The molecule has 7 aliphatic rings. The Bertz CT molecular complexity index is 1290. The van der Waals surface area contributed by atoms with Gasteiger partial charge in [0.1, 0.15) is 0 Å². The molecule has 2 nitrogen and oxygen atoms in total. The summed E-state index contributed by atoms with van der Waals surface area (Å²) in [5.74, 6) is 5.68. The van der Waals surface area contributed by atoms with E-state index in [9.17, 15) is 0 Å². The van der Waals surface area contributed by atoms with Crippen LogP contribution in [0.2, 0.25) is 0 Å². The number of nitrogens with one attached hydrogen (secondary N) is 1. The van der Waals surface area contributed by atoms with E-state index in [0.29, 0.717) is 27.7 Å². The predicted molar refractivity (Wildman–Crippen MR) is 206 cm³/mol. The Morgan fingerprint density at radius 1 is 0.896 bits per heavy atom. The maximum absolute atomic E-state index is 4.68. The maximum atomic E-state index is 4.68. The van der Waals surface area contributed by atoms with E-state index < -0.39 is 0 Å². The van der Waals surface area contributed by atoms with Gasteiger partial charge in [0.05, 0.1) is 0 Å². The van der Waals surface area contributed by atoms with Gasteiger partial charge < -0.3 is 5.32 Å². The second kappa shape index (κ2) is 12.7. The predicted octanol–water partition coefficient (Wildman–Crippen LogP) is 11.8. The smallest absolute Gasteiger partial charge is 0.0219 e. The van der Waals surface area contributed by atoms with Crippen molar-refractivity contribution in [3.05, 3.63) is 35.5 Å². The zero-order valence-corrected chi connectivity index (χ0v) is 33.2. The Morgan fingerprint density at radius 3 is 2.38 bits per heavy atom. The van der Waals surface area contributed by atoms with E-state index in [1.165, 1.54) is 122 Å². The van der Waals surface area contributed by atoms with Gasteiger partial charge in [0, 0.05) is 31.2 Å². The van der Waals surface area contributed by atoms with E-state index in [4.69, 9.17) is 0 Å². The van der Waals surface area contributed by atoms with Crippen LogP contribution in [0, 0.1) is 63.1 Å². The Morgan fingerprint density at radius 2 is 1.69 bits per heavy atom. The lowest BCUT2D eigenvalue weighted by Gasteiger charge is -2.72. The maximum Gasteiger partial charge on any atom is 0.0219 e. The Hall–Kier alpha value is -0.860. The van der Waals surface area contributed by atoms with Crippen molar-refractivity contribution >= 4 is 0 Å². The minimum atomic E-state index is 0.281. The van der Waals surface area contributed by atoms with Gasteiger partial charge in [0.2, 0.25) is 0 Å². The summed E-state index contributed by atoms with van der Waals surface area (Å²) >= 11 is 0. The van der Waals surface area contributed by atoms with Gasteiger partial charge in [-0.15, -0.1) is 0 Å². The molecule has 1 saturated heterocycles. The van der Waals surface area contributed by atoms with Crippen LogP contribution < -0.4 is 5.32 Å². The Kier molecular flexibility index (Phi) is 9.38. The number of allylic oxidation sites excluding steroid dienone is 5. The van der Waals surface area contributed by atoms with Crippen LogP contribution in [0.1, 0.15) is 159 Å². The van der Waals surface area contributed by atoms with E-state index in [1.807, 2.05) is 0 Å². The first-order valence-electron chi connectivity index (χ1n) is 21.3. The quantitative estimate of drug-likeness (QED) is 0.262. The second-order valence-corrected chi connectivity index (χ2v) is 20.5. The molecule has 4 saturated carbocycles. The van der Waals surface area contributed by atoms with Crippen molar-refractivity contribution in [3.8, 4) is 0 Å². The largest absolute Gasteiger partial charge is 0.310 e. The molecule has 7 rings (SSSR count). The summed E-state index contributed by atoms with van der Waals surface area (Å²) in [6.07, 6.45) is 26.1. The van der Waals surface area contributed by atoms with Gasteiger partial charge in [-0.1, -0.05) is 86.1 Å². The summed E-state index contributed by atoms with van der Waals surface area (Å²) < 4.78 is 0. The van der Waals surface area contributed by atoms with Crippen LogP contribution in [0.25, 0.3) is 0 Å². The highest BCUT2D eigenvalue weighted by molar-refractivity contribution is 5.41. The zero-order valence-electron chi connectivity index (χ0n) is 33.2. The number of nitrogens with zero attached hydrogens (tertiary/aromatic N) is 1. The molecule has 0 spiro atoms. The van der Waals surface area contributed by atoms with E-state index in [-0.39, 0.29) is 5.41 Å². The third-order valence-electron chi connectivity index (χ3n) is 18.2. The molecule has 1 N–H and O–H groups in total. The molecule has 0 aromatic carbocycles. The van der Waals surface area contributed by atoms with Crippen molar-refractivity contribution in [3.63, 3.8) is 0 Å². The molecule has 1 aliphatic heterocycles. The number of hydrogen-bond donors (Lipinski definition) is 1. The molecule has 6 aliphatic carbocycles. The highest BCUT2D eigenvalue weighted by Gasteiger charge is 2.70. The Labute approximate surface area is 297 Å². The molecular weight excluding hydrogens is 581 g/mol. The van der Waals surface area contributed by atoms with Gasteiger partial charge in [-0.2, -0.15) is 0 Å². The van der Waals surface area contributed by atoms with Gasteiger partial charge in [0.25, 0.3) is 0 Å². The van der Waals surface area contributed by atoms with Gasteiger partial charge in [-0.3, -0.25) is 4.90 Å². The van der Waals surface area contributed by atoms with E-state index >= 15 is 0 Å². The van der Waals surface area contributed by atoms with Crippen LogP contribution in [0.5, 0.6) is 0 Å². The van der Waals surface area contributed by atoms with Crippen molar-refractivity contribution in [1.29, 1.82) is 0 Å². The van der Waals surface area contributed by atoms with Crippen LogP contribution in [-0.2, 0) is 0 Å². The summed E-state index contributed by atoms with van der Waals surface area (Å²) in [5, 5.41) is 4.41. The number of likely N-dealkylation sites (tertiary alicyclic amines) is 1. The molecule has 0 radical (unpaired) electrons. The van der Waals surface area contributed by atoms with Crippen molar-refractivity contribution in [2.24, 2.45) is 63.1 Å². The molecule has 1 heterocycles. The molecule has 0 aromatic rings. The van der Waals surface area contributed by atoms with Crippen LogP contribution in [0.3, 0.4) is 0 Å². The number of rotatable bonds is 8. The highest BCUT2D eigenvalue weighted by Crippen LogP contribution is 2.76. The van der Waals surface area contributed by atoms with E-state index in [0.717, 1.165) is 41.5 Å². The Balaban J connectivity index is 1.14. The standard InChI is InChI=1S/C46H76N2/c1-11-33-13-15-34(16-14-33)37-20-22-43(8)39(42(37,6)7)21-23-45(10)40(43)18-17-38-41-36(31(3)4)19-24-46(41,26-25-44(38,45)9)47-27-28-48-30-32(5)29-35(48)12-2/h15,20,32-33,35-36,38-41,47H,3,11-14,16-19,21-30H2,1-2,4-10H3/t32-,33?,35+,36-,38+,39-,40+,41+,43-,44+,45+,46-/m0/s1. The first kappa shape index (κ1) is 35.5. The van der Waals surface area contributed by atoms with Crippen LogP contribution in [-0.4, -0.2) is 36.1 Å². The summed E-state index contributed by atoms with van der Waals surface area (Å²) in [4.78, 5) is 2.82. The fourth-order valence-electron chi connectivity index (χ4n) is 15.5. The highest BCUT2D eigenvalue weighted by atomic mass is 15.2. The third-order valence-corrected chi connectivity index (χ3v) is 18.2. The minimum Gasteiger partial charge on any atom is -0.310 e. The molecule has 0 amide bonds. The topological polar surface area (TPSA) is 15.3 Å². The van der Waals surface area contributed by atoms with E-state index in [1.54, 1.807) is 11.1 Å². The normalized spacial score (nSPS) is 48.5. The summed E-state index contributed by atoms with van der Waals surface area (Å²) in [6, 6.07) is 0.798. The average molecular weight is 657 g/mol. The third kappa shape index (κ3) is 5.27. The molecule has 1 unspecified atom stereocenters. The van der Waals surface area contributed by atoms with Crippen molar-refractivity contribution in [2.45, 2.75) is 170 Å². The first-order valence-corrected chi connectivity index (χ1v) is 21.3. The monoisotopic (exact) mass is 657 g/mol. The van der Waals surface area contributed by atoms with Crippen LogP contribution >= 0.6 is 0 Å². The summed E-state index contributed by atoms with van der Waals surface area (Å²) in [6.45, 7) is 31.8. The van der Waals surface area contributed by atoms with Crippen molar-refractivity contribution < 1.29 is 0 Å². The lowest BCUT2D eigenvalue weighted by atomic mass is 9.33. The zero-order chi connectivity index (χ0) is 34.3. The molecule has 2 heteroatoms. The molecule has 270 valence electrons. The number of fused-ring (bicyclic) bond motifs is 7. The van der Waals surface area contributed by atoms with Gasteiger partial charge >= 0.3 is 0 Å². The fourth-order valence-corrected chi connectivity index (χ4v) is 15.5. The fraction of sp³-hybridized carbons (Fsp3) is 0.870. The van der Waals surface area contributed by atoms with Crippen LogP contribution in [0.4, 0.5) is 0 Å². The summed E-state index contributed by atoms with van der Waals surface area (Å²) in [5.41, 5.74) is 6.81. The first-order chi connectivity index (χ1) is 22.7. The minimum absolute atomic E-state index is 0.281. The van der Waals surface area contributed by atoms with Crippen LogP contribution in [0.15, 0.2) is 35.5 Å². The van der Waals surface area contributed by atoms with Gasteiger partial charge in [-0.25, -0.2) is 0 Å². The molecular formula is C46H76N2. The van der Waals surface area contributed by atoms with E-state index in [2.05, 4.69) is 91.3 Å². The molecule has 0 bridgehead atoms. The molecule has 12 atom stereocenters. The SMILES string of the molecule is C=C(C)[C@@H]1CC[C@]2(NCCN3C[C@@H](C)C[C@H]3CC)CC[C@]3(C)[C@H](CC[C@@H]4[C@@]5(C)CC=C(C6=CCC(CC)CC6)C(C)(C)[C@@H]5CC[C@]43C)[C@@H]12. The number of hydrogen-bond acceptors (Lipinski definition) is 2. The molecule has 5 fully saturated rings. The summed E-state index contributed by atoms with van der Waals surface area (Å²) in [7, 11) is 0.